The van der Waals surface area contributed by atoms with Gasteiger partial charge in [-0.25, -0.2) is 4.79 Å². The summed E-state index contributed by atoms with van der Waals surface area (Å²) < 4.78 is 5.05. The lowest BCUT2D eigenvalue weighted by atomic mass is 10.2. The van der Waals surface area contributed by atoms with E-state index in [-0.39, 0.29) is 18.7 Å². The molecule has 0 atom stereocenters. The van der Waals surface area contributed by atoms with Gasteiger partial charge in [0.1, 0.15) is 6.54 Å². The molecule has 20 heavy (non-hydrogen) atoms. The molecule has 0 radical (unpaired) electrons. The molecule has 1 saturated heterocycles. The zero-order chi connectivity index (χ0) is 14.7. The van der Waals surface area contributed by atoms with Gasteiger partial charge in [0.15, 0.2) is 0 Å². The second-order valence-corrected chi connectivity index (χ2v) is 4.95. The predicted molar refractivity (Wildman–Crippen MR) is 76.4 cm³/mol. The highest BCUT2D eigenvalue weighted by atomic mass is 16.5. The standard InChI is InChI=1S/C14H19N3O3/c1-10(2)20-13(18)9-16-7-8-17(14(16)19)12-6-4-3-5-11(12)15/h3-6,10H,7-9,15H2,1-2H3. The average molecular weight is 277 g/mol. The van der Waals surface area contributed by atoms with Crippen molar-refractivity contribution in [3.05, 3.63) is 24.3 Å². The molecule has 1 aliphatic rings. The van der Waals surface area contributed by atoms with Gasteiger partial charge in [0.05, 0.1) is 17.5 Å². The quantitative estimate of drug-likeness (QED) is 0.668. The fourth-order valence-corrected chi connectivity index (χ4v) is 2.14. The molecular weight excluding hydrogens is 258 g/mol. The van der Waals surface area contributed by atoms with Crippen molar-refractivity contribution in [2.75, 3.05) is 30.3 Å². The number of anilines is 2. The SMILES string of the molecule is CC(C)OC(=O)CN1CCN(c2ccccc2N)C1=O. The maximum absolute atomic E-state index is 12.3. The molecule has 0 bridgehead atoms. The van der Waals surface area contributed by atoms with Gasteiger partial charge < -0.3 is 15.4 Å². The van der Waals surface area contributed by atoms with E-state index in [4.69, 9.17) is 10.5 Å². The van der Waals surface area contributed by atoms with E-state index < -0.39 is 5.97 Å². The first-order chi connectivity index (χ1) is 9.49. The van der Waals surface area contributed by atoms with Gasteiger partial charge in [0, 0.05) is 13.1 Å². The molecule has 0 spiro atoms. The van der Waals surface area contributed by atoms with Crippen LogP contribution >= 0.6 is 0 Å². The smallest absolute Gasteiger partial charge is 0.325 e. The molecule has 6 nitrogen and oxygen atoms in total. The second kappa shape index (κ2) is 5.81. The molecule has 1 heterocycles. The summed E-state index contributed by atoms with van der Waals surface area (Å²) >= 11 is 0. The largest absolute Gasteiger partial charge is 0.462 e. The number of esters is 1. The highest BCUT2D eigenvalue weighted by Crippen LogP contribution is 2.26. The summed E-state index contributed by atoms with van der Waals surface area (Å²) in [6.07, 6.45) is -0.180. The molecule has 0 saturated carbocycles. The predicted octanol–water partition coefficient (Wildman–Crippen LogP) is 1.46. The molecular formula is C14H19N3O3. The number of benzene rings is 1. The number of para-hydroxylation sites is 2. The first-order valence-corrected chi connectivity index (χ1v) is 6.59. The Balaban J connectivity index is 2.03. The molecule has 2 N–H and O–H groups in total. The van der Waals surface area contributed by atoms with Crippen LogP contribution in [0, 0.1) is 0 Å². The highest BCUT2D eigenvalue weighted by molar-refractivity contribution is 5.98. The third-order valence-electron chi connectivity index (χ3n) is 3.01. The summed E-state index contributed by atoms with van der Waals surface area (Å²) in [6.45, 7) is 4.53. The molecule has 2 amide bonds. The number of ether oxygens (including phenoxy) is 1. The summed E-state index contributed by atoms with van der Waals surface area (Å²) in [5.41, 5.74) is 7.10. The third-order valence-corrected chi connectivity index (χ3v) is 3.01. The van der Waals surface area contributed by atoms with Crippen LogP contribution < -0.4 is 10.6 Å². The second-order valence-electron chi connectivity index (χ2n) is 4.95. The number of hydrogen-bond acceptors (Lipinski definition) is 4. The van der Waals surface area contributed by atoms with Crippen molar-refractivity contribution in [3.63, 3.8) is 0 Å². The van der Waals surface area contributed by atoms with E-state index >= 15 is 0 Å². The van der Waals surface area contributed by atoms with Gasteiger partial charge in [0.25, 0.3) is 0 Å². The molecule has 1 aliphatic heterocycles. The molecule has 2 rings (SSSR count). The van der Waals surface area contributed by atoms with Crippen LogP contribution in [0.5, 0.6) is 0 Å². The minimum absolute atomic E-state index is 0.0275. The Morgan fingerprint density at radius 3 is 2.70 bits per heavy atom. The van der Waals surface area contributed by atoms with E-state index in [1.807, 2.05) is 12.1 Å². The summed E-state index contributed by atoms with van der Waals surface area (Å²) in [6, 6.07) is 6.97. The van der Waals surface area contributed by atoms with Crippen LogP contribution in [0.25, 0.3) is 0 Å². The van der Waals surface area contributed by atoms with Gasteiger partial charge >= 0.3 is 12.0 Å². The van der Waals surface area contributed by atoms with Crippen molar-refractivity contribution in [3.8, 4) is 0 Å². The lowest BCUT2D eigenvalue weighted by Gasteiger charge is -2.19. The van der Waals surface area contributed by atoms with Crippen LogP contribution in [0.1, 0.15) is 13.8 Å². The first-order valence-electron chi connectivity index (χ1n) is 6.59. The zero-order valence-corrected chi connectivity index (χ0v) is 11.7. The molecule has 1 aromatic rings. The summed E-state index contributed by atoms with van der Waals surface area (Å²) in [7, 11) is 0. The topological polar surface area (TPSA) is 75.9 Å². The monoisotopic (exact) mass is 277 g/mol. The van der Waals surface area contributed by atoms with Crippen LogP contribution in [-0.2, 0) is 9.53 Å². The van der Waals surface area contributed by atoms with Crippen LogP contribution in [0.4, 0.5) is 16.2 Å². The number of hydrogen-bond donors (Lipinski definition) is 1. The fraction of sp³-hybridized carbons (Fsp3) is 0.429. The highest BCUT2D eigenvalue weighted by Gasteiger charge is 2.32. The third kappa shape index (κ3) is 3.01. The maximum atomic E-state index is 12.3. The molecule has 0 aromatic heterocycles. The van der Waals surface area contributed by atoms with Crippen molar-refractivity contribution < 1.29 is 14.3 Å². The van der Waals surface area contributed by atoms with Crippen LogP contribution in [0.15, 0.2) is 24.3 Å². The van der Waals surface area contributed by atoms with Crippen molar-refractivity contribution >= 4 is 23.4 Å². The minimum atomic E-state index is -0.392. The number of nitrogens with two attached hydrogens (primary N) is 1. The molecule has 6 heteroatoms. The van der Waals surface area contributed by atoms with E-state index in [0.29, 0.717) is 24.5 Å². The molecule has 0 unspecified atom stereocenters. The Bertz CT molecular complexity index is 516. The summed E-state index contributed by atoms with van der Waals surface area (Å²) in [5, 5.41) is 0. The number of carbonyl (C=O) groups excluding carboxylic acids is 2. The number of amides is 2. The van der Waals surface area contributed by atoms with Crippen LogP contribution in [0.3, 0.4) is 0 Å². The number of urea groups is 1. The fourth-order valence-electron chi connectivity index (χ4n) is 2.14. The number of rotatable bonds is 4. The Hall–Kier alpha value is -2.24. The first kappa shape index (κ1) is 14.2. The van der Waals surface area contributed by atoms with Gasteiger partial charge in [-0.1, -0.05) is 12.1 Å². The maximum Gasteiger partial charge on any atom is 0.325 e. The molecule has 1 fully saturated rings. The van der Waals surface area contributed by atoms with E-state index in [1.165, 1.54) is 4.90 Å². The van der Waals surface area contributed by atoms with Crippen molar-refractivity contribution in [1.82, 2.24) is 4.90 Å². The molecule has 1 aromatic carbocycles. The summed E-state index contributed by atoms with van der Waals surface area (Å²) in [4.78, 5) is 26.9. The van der Waals surface area contributed by atoms with Gasteiger partial charge in [0.2, 0.25) is 0 Å². The normalized spacial score (nSPS) is 15.1. The number of nitrogen functional groups attached to an aromatic ring is 1. The van der Waals surface area contributed by atoms with Crippen molar-refractivity contribution in [2.45, 2.75) is 20.0 Å². The van der Waals surface area contributed by atoms with Crippen LogP contribution in [-0.4, -0.2) is 42.6 Å². The van der Waals surface area contributed by atoms with E-state index in [9.17, 15) is 9.59 Å². The zero-order valence-electron chi connectivity index (χ0n) is 11.7. The summed E-state index contributed by atoms with van der Waals surface area (Å²) in [5.74, 6) is -0.392. The average Bonchev–Trinajstić information content (AvgIpc) is 2.71. The van der Waals surface area contributed by atoms with E-state index in [0.717, 1.165) is 0 Å². The van der Waals surface area contributed by atoms with Crippen molar-refractivity contribution in [1.29, 1.82) is 0 Å². The Morgan fingerprint density at radius 2 is 2.05 bits per heavy atom. The minimum Gasteiger partial charge on any atom is -0.462 e. The van der Waals surface area contributed by atoms with Gasteiger partial charge in [-0.2, -0.15) is 0 Å². The van der Waals surface area contributed by atoms with Crippen molar-refractivity contribution in [2.24, 2.45) is 0 Å². The Morgan fingerprint density at radius 1 is 1.35 bits per heavy atom. The Labute approximate surface area is 118 Å². The van der Waals surface area contributed by atoms with Gasteiger partial charge in [-0.3, -0.25) is 9.69 Å². The molecule has 108 valence electrons. The number of carbonyl (C=O) groups is 2. The van der Waals surface area contributed by atoms with Gasteiger partial charge in [-0.05, 0) is 26.0 Å². The lowest BCUT2D eigenvalue weighted by molar-refractivity contribution is -0.147. The van der Waals surface area contributed by atoms with Crippen LogP contribution in [0.2, 0.25) is 0 Å². The Kier molecular flexibility index (Phi) is 4.12. The molecule has 0 aliphatic carbocycles. The lowest BCUT2D eigenvalue weighted by Crippen LogP contribution is -2.36. The van der Waals surface area contributed by atoms with E-state index in [1.54, 1.807) is 30.9 Å². The van der Waals surface area contributed by atoms with Gasteiger partial charge in [-0.15, -0.1) is 0 Å². The van der Waals surface area contributed by atoms with E-state index in [2.05, 4.69) is 0 Å². The number of nitrogens with zero attached hydrogens (tertiary/aromatic N) is 2.